The van der Waals surface area contributed by atoms with Gasteiger partial charge in [0.05, 0.1) is 0 Å². The lowest BCUT2D eigenvalue weighted by Gasteiger charge is -1.88. The zero-order chi connectivity index (χ0) is 9.98. The Labute approximate surface area is 68.3 Å². The lowest BCUT2D eigenvalue weighted by Crippen LogP contribution is -1.95. The van der Waals surface area contributed by atoms with Crippen molar-refractivity contribution in [2.24, 2.45) is 0 Å². The third-order valence-corrected chi connectivity index (χ3v) is 0.393. The normalized spacial score (nSPS) is 8.00. The highest BCUT2D eigenvalue weighted by molar-refractivity contribution is 5.58. The summed E-state index contributed by atoms with van der Waals surface area (Å²) in [5.74, 6) is 0. The summed E-state index contributed by atoms with van der Waals surface area (Å²) in [5.41, 5.74) is 0. The van der Waals surface area contributed by atoms with Gasteiger partial charge in [-0.25, -0.2) is 9.59 Å². The molecule has 0 atom stereocenters. The molecule has 0 aliphatic rings. The Morgan fingerprint density at radius 2 is 1.25 bits per heavy atom. The molecule has 0 aliphatic heterocycles. The number of ether oxygens (including phenoxy) is 2. The summed E-state index contributed by atoms with van der Waals surface area (Å²) in [4.78, 5) is 19.1. The molecule has 2 N–H and O–H groups in total. The van der Waals surface area contributed by atoms with Crippen molar-refractivity contribution in [3.63, 3.8) is 0 Å². The van der Waals surface area contributed by atoms with Gasteiger partial charge in [0.2, 0.25) is 0 Å². The fourth-order valence-corrected chi connectivity index (χ4v) is 0.172. The molecule has 6 heteroatoms. The van der Waals surface area contributed by atoms with Crippen molar-refractivity contribution < 1.29 is 29.3 Å². The second kappa shape index (κ2) is 9.02. The van der Waals surface area contributed by atoms with Crippen LogP contribution in [0.5, 0.6) is 0 Å². The van der Waals surface area contributed by atoms with E-state index in [1.54, 1.807) is 0 Å². The van der Waals surface area contributed by atoms with Crippen LogP contribution in [0.15, 0.2) is 25.7 Å². The van der Waals surface area contributed by atoms with Crippen LogP contribution in [0.1, 0.15) is 0 Å². The minimum Gasteiger partial charge on any atom is -0.449 e. The Balaban J connectivity index is 0. The SMILES string of the molecule is C=C.O=C(O)O/C=C/OC(=O)O. The first-order valence-corrected chi connectivity index (χ1v) is 2.57. The maximum absolute atomic E-state index is 9.57. The fourth-order valence-electron chi connectivity index (χ4n) is 0.172. The summed E-state index contributed by atoms with van der Waals surface area (Å²) in [7, 11) is 0. The van der Waals surface area contributed by atoms with E-state index in [9.17, 15) is 9.59 Å². The van der Waals surface area contributed by atoms with Gasteiger partial charge in [0.1, 0.15) is 12.5 Å². The predicted octanol–water partition coefficient (Wildman–Crippen LogP) is 1.65. The van der Waals surface area contributed by atoms with Gasteiger partial charge >= 0.3 is 12.3 Å². The highest BCUT2D eigenvalue weighted by Crippen LogP contribution is 1.81. The van der Waals surface area contributed by atoms with E-state index in [0.717, 1.165) is 0 Å². The third kappa shape index (κ3) is 15.7. The first kappa shape index (κ1) is 12.7. The molecule has 12 heavy (non-hydrogen) atoms. The van der Waals surface area contributed by atoms with Crippen LogP contribution in [0, 0.1) is 0 Å². The van der Waals surface area contributed by atoms with Crippen molar-refractivity contribution in [3.8, 4) is 0 Å². The topological polar surface area (TPSA) is 93.1 Å². The molecule has 0 radical (unpaired) electrons. The summed E-state index contributed by atoms with van der Waals surface area (Å²) in [6.45, 7) is 6.00. The monoisotopic (exact) mass is 176 g/mol. The van der Waals surface area contributed by atoms with E-state index in [0.29, 0.717) is 12.5 Å². The van der Waals surface area contributed by atoms with Gasteiger partial charge in [-0.15, -0.1) is 13.2 Å². The first-order chi connectivity index (χ1) is 5.63. The van der Waals surface area contributed by atoms with Crippen LogP contribution in [0.3, 0.4) is 0 Å². The van der Waals surface area contributed by atoms with E-state index in [2.05, 4.69) is 22.6 Å². The molecule has 0 aromatic rings. The molecule has 0 amide bonds. The number of carboxylic acid groups (broad SMARTS) is 2. The minimum atomic E-state index is -1.54. The highest BCUT2D eigenvalue weighted by atomic mass is 16.7. The summed E-state index contributed by atoms with van der Waals surface area (Å²) in [6, 6.07) is 0. The summed E-state index contributed by atoms with van der Waals surface area (Å²) >= 11 is 0. The van der Waals surface area contributed by atoms with Crippen molar-refractivity contribution in [1.29, 1.82) is 0 Å². The zero-order valence-corrected chi connectivity index (χ0v) is 6.10. The van der Waals surface area contributed by atoms with Crippen molar-refractivity contribution in [1.82, 2.24) is 0 Å². The number of rotatable bonds is 2. The van der Waals surface area contributed by atoms with E-state index in [1.807, 2.05) is 0 Å². The Hall–Kier alpha value is -1.98. The Morgan fingerprint density at radius 3 is 1.42 bits per heavy atom. The summed E-state index contributed by atoms with van der Waals surface area (Å²) < 4.78 is 7.48. The molecule has 68 valence electrons. The standard InChI is InChI=1S/C4H4O6.C2H4/c5-3(6)9-1-2-10-4(7)8;1-2/h1-2H,(H,5,6)(H,7,8);1-2H2/b2-1+;. The highest BCUT2D eigenvalue weighted by Gasteiger charge is 1.91. The molecule has 0 saturated heterocycles. The largest absolute Gasteiger partial charge is 0.510 e. The number of carbonyl (C=O) groups is 2. The maximum Gasteiger partial charge on any atom is 0.510 e. The maximum atomic E-state index is 9.57. The molecule has 0 aromatic carbocycles. The molecule has 0 bridgehead atoms. The predicted molar refractivity (Wildman–Crippen MR) is 38.6 cm³/mol. The van der Waals surface area contributed by atoms with E-state index in [4.69, 9.17) is 10.2 Å². The van der Waals surface area contributed by atoms with E-state index >= 15 is 0 Å². The van der Waals surface area contributed by atoms with Crippen LogP contribution in [0.4, 0.5) is 9.59 Å². The first-order valence-electron chi connectivity index (χ1n) is 2.57. The molecular weight excluding hydrogens is 168 g/mol. The number of hydrogen-bond donors (Lipinski definition) is 2. The second-order valence-electron chi connectivity index (χ2n) is 1.04. The molecule has 0 rings (SSSR count). The lowest BCUT2D eigenvalue weighted by atomic mass is 11.0. The molecule has 0 saturated carbocycles. The van der Waals surface area contributed by atoms with Gasteiger partial charge in [-0.2, -0.15) is 0 Å². The average Bonchev–Trinajstić information content (AvgIpc) is 2.02. The van der Waals surface area contributed by atoms with Crippen LogP contribution in [0.25, 0.3) is 0 Å². The number of hydrogen-bond acceptors (Lipinski definition) is 4. The van der Waals surface area contributed by atoms with Crippen LogP contribution in [0.2, 0.25) is 0 Å². The third-order valence-electron chi connectivity index (χ3n) is 0.393. The fraction of sp³-hybridized carbons (Fsp3) is 0. The van der Waals surface area contributed by atoms with Gasteiger partial charge in [-0.3, -0.25) is 0 Å². The van der Waals surface area contributed by atoms with E-state index in [-0.39, 0.29) is 0 Å². The molecule has 0 spiro atoms. The molecule has 0 fully saturated rings. The van der Waals surface area contributed by atoms with Gasteiger partial charge in [0.25, 0.3) is 0 Å². The van der Waals surface area contributed by atoms with Gasteiger partial charge < -0.3 is 19.7 Å². The summed E-state index contributed by atoms with van der Waals surface area (Å²) in [5, 5.41) is 15.6. The molecule has 0 aromatic heterocycles. The molecule has 6 nitrogen and oxygen atoms in total. The second-order valence-corrected chi connectivity index (χ2v) is 1.04. The Morgan fingerprint density at radius 1 is 1.00 bits per heavy atom. The molecular formula is C6H8O6. The van der Waals surface area contributed by atoms with Gasteiger partial charge in [0, 0.05) is 0 Å². The zero-order valence-electron chi connectivity index (χ0n) is 6.10. The van der Waals surface area contributed by atoms with Crippen LogP contribution in [-0.4, -0.2) is 22.5 Å². The molecule has 0 heterocycles. The van der Waals surface area contributed by atoms with Gasteiger partial charge in [-0.1, -0.05) is 0 Å². The van der Waals surface area contributed by atoms with E-state index < -0.39 is 12.3 Å². The quantitative estimate of drug-likeness (QED) is 0.377. The molecule has 0 aliphatic carbocycles. The van der Waals surface area contributed by atoms with Gasteiger partial charge in [0.15, 0.2) is 0 Å². The Bertz CT molecular complexity index is 155. The summed E-state index contributed by atoms with van der Waals surface area (Å²) in [6.07, 6.45) is -1.89. The smallest absolute Gasteiger partial charge is 0.449 e. The average molecular weight is 176 g/mol. The van der Waals surface area contributed by atoms with Crippen LogP contribution < -0.4 is 0 Å². The van der Waals surface area contributed by atoms with Crippen molar-refractivity contribution >= 4 is 12.3 Å². The minimum absolute atomic E-state index is 0.594. The van der Waals surface area contributed by atoms with Crippen LogP contribution >= 0.6 is 0 Å². The Kier molecular flexibility index (Phi) is 9.53. The lowest BCUT2D eigenvalue weighted by molar-refractivity contribution is 0.114. The van der Waals surface area contributed by atoms with Gasteiger partial charge in [-0.05, 0) is 0 Å². The van der Waals surface area contributed by atoms with Crippen molar-refractivity contribution in [3.05, 3.63) is 25.7 Å². The molecule has 0 unspecified atom stereocenters. The van der Waals surface area contributed by atoms with Crippen molar-refractivity contribution in [2.75, 3.05) is 0 Å². The van der Waals surface area contributed by atoms with Crippen molar-refractivity contribution in [2.45, 2.75) is 0 Å². The van der Waals surface area contributed by atoms with Crippen LogP contribution in [-0.2, 0) is 9.47 Å². The van der Waals surface area contributed by atoms with E-state index in [1.165, 1.54) is 0 Å².